The van der Waals surface area contributed by atoms with E-state index in [1.165, 1.54) is 11.1 Å². The van der Waals surface area contributed by atoms with Crippen LogP contribution in [0.3, 0.4) is 0 Å². The molecule has 0 saturated carbocycles. The van der Waals surface area contributed by atoms with Crippen LogP contribution in [0.4, 0.5) is 0 Å². The van der Waals surface area contributed by atoms with Crippen LogP contribution < -0.4 is 0 Å². The quantitative estimate of drug-likeness (QED) is 0.919. The molecule has 0 aliphatic carbocycles. The Labute approximate surface area is 143 Å². The van der Waals surface area contributed by atoms with Gasteiger partial charge in [0.05, 0.1) is 0 Å². The van der Waals surface area contributed by atoms with E-state index in [9.17, 15) is 4.79 Å². The zero-order valence-corrected chi connectivity index (χ0v) is 14.6. The molecule has 0 radical (unpaired) electrons. The smallest absolute Gasteiger partial charge is 0.274 e. The molecule has 0 spiro atoms. The number of nitrogens with zero attached hydrogens (tertiary/aromatic N) is 3. The fourth-order valence-electron chi connectivity index (χ4n) is 3.21. The molecule has 5 nitrogen and oxygen atoms in total. The third kappa shape index (κ3) is 4.03. The number of carbonyl (C=O) groups is 1. The van der Waals surface area contributed by atoms with Gasteiger partial charge < -0.3 is 4.90 Å². The molecule has 1 amide bonds. The van der Waals surface area contributed by atoms with Crippen molar-refractivity contribution in [3.05, 3.63) is 52.8 Å². The van der Waals surface area contributed by atoms with Crippen molar-refractivity contribution < 1.29 is 4.79 Å². The Morgan fingerprint density at radius 3 is 2.71 bits per heavy atom. The van der Waals surface area contributed by atoms with Crippen LogP contribution >= 0.6 is 0 Å². The van der Waals surface area contributed by atoms with Crippen LogP contribution in [0.2, 0.25) is 0 Å². The Hall–Kier alpha value is -2.14. The lowest BCUT2D eigenvalue weighted by atomic mass is 10.1. The van der Waals surface area contributed by atoms with Gasteiger partial charge in [0, 0.05) is 38.4 Å². The highest BCUT2D eigenvalue weighted by Gasteiger charge is 2.23. The number of nitrogens with one attached hydrogen (secondary N) is 1. The van der Waals surface area contributed by atoms with Gasteiger partial charge in [-0.15, -0.1) is 0 Å². The van der Waals surface area contributed by atoms with Crippen molar-refractivity contribution in [1.82, 2.24) is 20.0 Å². The molecule has 1 fully saturated rings. The molecule has 0 atom stereocenters. The summed E-state index contributed by atoms with van der Waals surface area (Å²) in [5, 5.41) is 7.14. The largest absolute Gasteiger partial charge is 0.335 e. The van der Waals surface area contributed by atoms with Gasteiger partial charge in [-0.25, -0.2) is 0 Å². The Bertz CT molecular complexity index is 686. The summed E-state index contributed by atoms with van der Waals surface area (Å²) in [5.74, 6) is 0.0452. The Morgan fingerprint density at radius 2 is 2.00 bits per heavy atom. The first kappa shape index (κ1) is 16.7. The molecule has 1 aliphatic rings. The van der Waals surface area contributed by atoms with Gasteiger partial charge in [-0.05, 0) is 25.0 Å². The monoisotopic (exact) mass is 326 g/mol. The summed E-state index contributed by atoms with van der Waals surface area (Å²) in [7, 11) is 0. The number of H-pyrrole nitrogens is 1. The van der Waals surface area contributed by atoms with Crippen LogP contribution in [0.1, 0.15) is 40.7 Å². The fourth-order valence-corrected chi connectivity index (χ4v) is 3.21. The van der Waals surface area contributed by atoms with Gasteiger partial charge in [-0.1, -0.05) is 43.2 Å². The van der Waals surface area contributed by atoms with Crippen molar-refractivity contribution in [1.29, 1.82) is 0 Å². The van der Waals surface area contributed by atoms with E-state index in [4.69, 9.17) is 0 Å². The van der Waals surface area contributed by atoms with Gasteiger partial charge in [-0.3, -0.25) is 14.8 Å². The lowest BCUT2D eigenvalue weighted by Crippen LogP contribution is -2.48. The van der Waals surface area contributed by atoms with E-state index in [2.05, 4.69) is 53.2 Å². The highest BCUT2D eigenvalue weighted by Crippen LogP contribution is 2.12. The summed E-state index contributed by atoms with van der Waals surface area (Å²) in [6.45, 7) is 8.54. The number of carbonyl (C=O) groups excluding carboxylic acids is 1. The van der Waals surface area contributed by atoms with Crippen LogP contribution in [0, 0.1) is 6.92 Å². The number of aromatic nitrogens is 2. The van der Waals surface area contributed by atoms with E-state index >= 15 is 0 Å². The van der Waals surface area contributed by atoms with Gasteiger partial charge in [0.15, 0.2) is 0 Å². The average molecular weight is 326 g/mol. The fraction of sp³-hybridized carbons (Fsp3) is 0.474. The molecule has 24 heavy (non-hydrogen) atoms. The molecule has 2 heterocycles. The molecule has 2 aromatic rings. The average Bonchev–Trinajstić information content (AvgIpc) is 3.04. The van der Waals surface area contributed by atoms with Crippen LogP contribution in [-0.2, 0) is 13.0 Å². The van der Waals surface area contributed by atoms with E-state index in [1.807, 2.05) is 11.0 Å². The maximum absolute atomic E-state index is 12.6. The lowest BCUT2D eigenvalue weighted by Gasteiger charge is -2.34. The van der Waals surface area contributed by atoms with Crippen molar-refractivity contribution in [3.63, 3.8) is 0 Å². The van der Waals surface area contributed by atoms with Crippen molar-refractivity contribution in [3.8, 4) is 0 Å². The van der Waals surface area contributed by atoms with Crippen molar-refractivity contribution in [2.24, 2.45) is 0 Å². The van der Waals surface area contributed by atoms with Gasteiger partial charge in [0.2, 0.25) is 0 Å². The third-order valence-electron chi connectivity index (χ3n) is 4.52. The summed E-state index contributed by atoms with van der Waals surface area (Å²) in [6.07, 6.45) is 1.98. The summed E-state index contributed by atoms with van der Waals surface area (Å²) in [4.78, 5) is 16.9. The number of hydrogen-bond donors (Lipinski definition) is 1. The predicted molar refractivity (Wildman–Crippen MR) is 94.9 cm³/mol. The molecule has 1 aliphatic heterocycles. The number of aromatic amines is 1. The number of benzene rings is 1. The maximum atomic E-state index is 12.6. The standard InChI is InChI=1S/C19H26N4O/c1-3-5-17-13-18(21-20-17)19(24)23-10-8-22(9-11-23)14-16-7-4-6-15(2)12-16/h4,6-7,12-13H,3,5,8-11,14H2,1-2H3,(H,20,21). The number of rotatable bonds is 5. The molecule has 5 heteroatoms. The Balaban J connectivity index is 1.53. The minimum absolute atomic E-state index is 0.0452. The molecule has 0 bridgehead atoms. The zero-order valence-electron chi connectivity index (χ0n) is 14.6. The number of hydrogen-bond acceptors (Lipinski definition) is 3. The summed E-state index contributed by atoms with van der Waals surface area (Å²) in [6, 6.07) is 10.5. The second-order valence-electron chi connectivity index (χ2n) is 6.59. The highest BCUT2D eigenvalue weighted by molar-refractivity contribution is 5.92. The molecule has 128 valence electrons. The van der Waals surface area contributed by atoms with Gasteiger partial charge in [0.1, 0.15) is 5.69 Å². The second kappa shape index (κ2) is 7.62. The minimum Gasteiger partial charge on any atom is -0.335 e. The Kier molecular flexibility index (Phi) is 5.30. The maximum Gasteiger partial charge on any atom is 0.274 e. The normalized spacial score (nSPS) is 15.7. The Morgan fingerprint density at radius 1 is 1.21 bits per heavy atom. The predicted octanol–water partition coefficient (Wildman–Crippen LogP) is 2.63. The lowest BCUT2D eigenvalue weighted by molar-refractivity contribution is 0.0622. The van der Waals surface area contributed by atoms with E-state index in [1.54, 1.807) is 0 Å². The highest BCUT2D eigenvalue weighted by atomic mass is 16.2. The molecule has 0 unspecified atom stereocenters. The van der Waals surface area contributed by atoms with E-state index < -0.39 is 0 Å². The van der Waals surface area contributed by atoms with Gasteiger partial charge >= 0.3 is 0 Å². The summed E-state index contributed by atoms with van der Waals surface area (Å²) >= 11 is 0. The summed E-state index contributed by atoms with van der Waals surface area (Å²) < 4.78 is 0. The molecule has 1 aromatic carbocycles. The topological polar surface area (TPSA) is 52.2 Å². The third-order valence-corrected chi connectivity index (χ3v) is 4.52. The first-order valence-corrected chi connectivity index (χ1v) is 8.77. The second-order valence-corrected chi connectivity index (χ2v) is 6.59. The zero-order chi connectivity index (χ0) is 16.9. The molecular formula is C19H26N4O. The number of piperazine rings is 1. The minimum atomic E-state index is 0.0452. The molecular weight excluding hydrogens is 300 g/mol. The van der Waals surface area contributed by atoms with E-state index in [0.717, 1.165) is 51.3 Å². The summed E-state index contributed by atoms with van der Waals surface area (Å²) in [5.41, 5.74) is 4.22. The number of aryl methyl sites for hydroxylation is 2. The molecule has 3 rings (SSSR count). The number of amides is 1. The van der Waals surface area contributed by atoms with Gasteiger partial charge in [-0.2, -0.15) is 5.10 Å². The first-order chi connectivity index (χ1) is 11.7. The molecule has 1 saturated heterocycles. The van der Waals surface area contributed by atoms with Crippen molar-refractivity contribution in [2.45, 2.75) is 33.2 Å². The van der Waals surface area contributed by atoms with Gasteiger partial charge in [0.25, 0.3) is 5.91 Å². The van der Waals surface area contributed by atoms with Crippen LogP contribution in [0.15, 0.2) is 30.3 Å². The molecule has 1 aromatic heterocycles. The molecule has 1 N–H and O–H groups in total. The van der Waals surface area contributed by atoms with Crippen molar-refractivity contribution in [2.75, 3.05) is 26.2 Å². The van der Waals surface area contributed by atoms with Crippen molar-refractivity contribution >= 4 is 5.91 Å². The van der Waals surface area contributed by atoms with Crippen LogP contribution in [0.25, 0.3) is 0 Å². The SMILES string of the molecule is CCCc1cc(C(=O)N2CCN(Cc3cccc(C)c3)CC2)n[nH]1. The van der Waals surface area contributed by atoms with Crippen LogP contribution in [0.5, 0.6) is 0 Å². The van der Waals surface area contributed by atoms with E-state index in [0.29, 0.717) is 5.69 Å². The first-order valence-electron chi connectivity index (χ1n) is 8.77. The van der Waals surface area contributed by atoms with Crippen LogP contribution in [-0.4, -0.2) is 52.1 Å². The van der Waals surface area contributed by atoms with E-state index in [-0.39, 0.29) is 5.91 Å².